The highest BCUT2D eigenvalue weighted by atomic mass is 79.9. The molecule has 0 aliphatic heterocycles. The number of aromatic amines is 1. The summed E-state index contributed by atoms with van der Waals surface area (Å²) in [5.74, 6) is 0.493. The van der Waals surface area contributed by atoms with Gasteiger partial charge < -0.3 is 16.0 Å². The van der Waals surface area contributed by atoms with Crippen LogP contribution >= 0.6 is 15.9 Å². The number of aromatic nitrogens is 4. The molecule has 0 unspecified atom stereocenters. The van der Waals surface area contributed by atoms with E-state index in [1.54, 1.807) is 10.8 Å². The second-order valence-electron chi connectivity index (χ2n) is 5.15. The summed E-state index contributed by atoms with van der Waals surface area (Å²) in [4.78, 5) is 23.6. The van der Waals surface area contributed by atoms with Crippen LogP contribution in [0.4, 0.5) is 5.95 Å². The number of hydrogen-bond acceptors (Lipinski definition) is 5. The van der Waals surface area contributed by atoms with Crippen molar-refractivity contribution < 1.29 is 0 Å². The van der Waals surface area contributed by atoms with E-state index in [1.165, 1.54) is 0 Å². The first kappa shape index (κ1) is 15.7. The summed E-state index contributed by atoms with van der Waals surface area (Å²) in [5.41, 5.74) is 7.49. The van der Waals surface area contributed by atoms with Crippen molar-refractivity contribution in [2.24, 2.45) is 5.73 Å². The Morgan fingerprint density at radius 2 is 2.26 bits per heavy atom. The number of benzene rings is 1. The molecule has 0 amide bonds. The fraction of sp³-hybridized carbons (Fsp3) is 0.267. The summed E-state index contributed by atoms with van der Waals surface area (Å²) in [6, 6.07) is 7.84. The predicted molar refractivity (Wildman–Crippen MR) is 93.6 cm³/mol. The minimum absolute atomic E-state index is 0.201. The first-order chi connectivity index (χ1) is 11.2. The fourth-order valence-corrected chi connectivity index (χ4v) is 2.74. The van der Waals surface area contributed by atoms with Crippen molar-refractivity contribution in [3.63, 3.8) is 0 Å². The highest BCUT2D eigenvalue weighted by Crippen LogP contribution is 2.15. The lowest BCUT2D eigenvalue weighted by Gasteiger charge is -2.06. The summed E-state index contributed by atoms with van der Waals surface area (Å²) >= 11 is 3.44. The third-order valence-corrected chi connectivity index (χ3v) is 3.90. The molecule has 23 heavy (non-hydrogen) atoms. The minimum Gasteiger partial charge on any atom is -0.354 e. The Morgan fingerprint density at radius 1 is 1.39 bits per heavy atom. The average Bonchev–Trinajstić information content (AvgIpc) is 2.83. The molecule has 0 aliphatic carbocycles. The zero-order valence-electron chi connectivity index (χ0n) is 12.4. The zero-order chi connectivity index (χ0) is 16.2. The smallest absolute Gasteiger partial charge is 0.328 e. The summed E-state index contributed by atoms with van der Waals surface area (Å²) in [5, 5.41) is 3.11. The van der Waals surface area contributed by atoms with Crippen LogP contribution in [0.5, 0.6) is 0 Å². The van der Waals surface area contributed by atoms with E-state index in [9.17, 15) is 4.79 Å². The summed E-state index contributed by atoms with van der Waals surface area (Å²) < 4.78 is 2.58. The van der Waals surface area contributed by atoms with E-state index in [2.05, 4.69) is 36.2 Å². The number of anilines is 1. The summed E-state index contributed by atoms with van der Waals surface area (Å²) in [6.45, 7) is 1.74. The normalized spacial score (nSPS) is 11.0. The Hall–Kier alpha value is -2.19. The number of fused-ring (bicyclic) bond motifs is 1. The van der Waals surface area contributed by atoms with E-state index < -0.39 is 0 Å². The number of rotatable bonds is 6. The van der Waals surface area contributed by atoms with E-state index in [1.807, 2.05) is 24.3 Å². The highest BCUT2D eigenvalue weighted by molar-refractivity contribution is 9.10. The quantitative estimate of drug-likeness (QED) is 0.568. The van der Waals surface area contributed by atoms with Crippen molar-refractivity contribution in [1.82, 2.24) is 19.5 Å². The molecule has 4 N–H and O–H groups in total. The van der Waals surface area contributed by atoms with E-state index in [0.29, 0.717) is 36.7 Å². The summed E-state index contributed by atoms with van der Waals surface area (Å²) in [7, 11) is 0. The van der Waals surface area contributed by atoms with Crippen LogP contribution in [0, 0.1) is 0 Å². The molecule has 0 atom stereocenters. The third-order valence-electron chi connectivity index (χ3n) is 3.40. The van der Waals surface area contributed by atoms with Crippen LogP contribution in [0.3, 0.4) is 0 Å². The Labute approximate surface area is 141 Å². The molecule has 2 heterocycles. The van der Waals surface area contributed by atoms with Crippen molar-refractivity contribution in [2.75, 3.05) is 18.4 Å². The van der Waals surface area contributed by atoms with Gasteiger partial charge in [-0.05, 0) is 30.7 Å². The van der Waals surface area contributed by atoms with Crippen molar-refractivity contribution in [1.29, 1.82) is 0 Å². The molecule has 0 bridgehead atoms. The predicted octanol–water partition coefficient (Wildman–Crippen LogP) is 1.69. The molecule has 0 fully saturated rings. The molecule has 7 nitrogen and oxygen atoms in total. The van der Waals surface area contributed by atoms with Crippen LogP contribution in [-0.2, 0) is 6.54 Å². The molecule has 120 valence electrons. The molecule has 0 spiro atoms. The molecular formula is C15H17BrN6O. The molecule has 0 aliphatic rings. The van der Waals surface area contributed by atoms with Crippen molar-refractivity contribution in [2.45, 2.75) is 13.0 Å². The Kier molecular flexibility index (Phi) is 4.73. The van der Waals surface area contributed by atoms with Crippen molar-refractivity contribution >= 4 is 33.0 Å². The number of nitrogens with two attached hydrogens (primary N) is 1. The van der Waals surface area contributed by atoms with Gasteiger partial charge in [-0.25, -0.2) is 9.78 Å². The van der Waals surface area contributed by atoms with Crippen LogP contribution in [0.2, 0.25) is 0 Å². The molecular weight excluding hydrogens is 360 g/mol. The van der Waals surface area contributed by atoms with Crippen LogP contribution in [0.25, 0.3) is 11.2 Å². The van der Waals surface area contributed by atoms with Gasteiger partial charge in [-0.1, -0.05) is 28.1 Å². The molecule has 0 saturated heterocycles. The Morgan fingerprint density at radius 3 is 3.04 bits per heavy atom. The number of nitrogens with one attached hydrogen (secondary N) is 2. The third kappa shape index (κ3) is 3.59. The second kappa shape index (κ2) is 6.93. The van der Waals surface area contributed by atoms with Gasteiger partial charge in [0.15, 0.2) is 5.65 Å². The minimum atomic E-state index is -0.201. The van der Waals surface area contributed by atoms with E-state index in [0.717, 1.165) is 16.5 Å². The maximum Gasteiger partial charge on any atom is 0.328 e. The molecule has 8 heteroatoms. The number of H-pyrrole nitrogens is 1. The second-order valence-corrected chi connectivity index (χ2v) is 6.06. The topological polar surface area (TPSA) is 102 Å². The van der Waals surface area contributed by atoms with Gasteiger partial charge in [0, 0.05) is 11.0 Å². The lowest BCUT2D eigenvalue weighted by molar-refractivity contribution is 0.776. The van der Waals surface area contributed by atoms with Gasteiger partial charge in [-0.3, -0.25) is 4.57 Å². The average molecular weight is 377 g/mol. The number of hydrogen-bond donors (Lipinski definition) is 3. The van der Waals surface area contributed by atoms with Crippen LogP contribution < -0.4 is 16.7 Å². The number of nitrogens with zero attached hydrogens (tertiary/aromatic N) is 3. The van der Waals surface area contributed by atoms with Crippen molar-refractivity contribution in [3.05, 3.63) is 51.0 Å². The Balaban J connectivity index is 1.93. The standard InChI is InChI=1S/C15H17BrN6O/c16-11-4-1-3-10(7-11)9-22-13-12(20-15(22)23)8-19-14(21-13)18-6-2-5-17/h1,3-4,7-8H,2,5-6,9,17H2,(H,20,23)(H,18,19,21). The van der Waals surface area contributed by atoms with Gasteiger partial charge in [-0.15, -0.1) is 0 Å². The number of imidazole rings is 1. The largest absolute Gasteiger partial charge is 0.354 e. The van der Waals surface area contributed by atoms with Crippen LogP contribution in [0.15, 0.2) is 39.7 Å². The van der Waals surface area contributed by atoms with Gasteiger partial charge in [0.2, 0.25) is 5.95 Å². The van der Waals surface area contributed by atoms with E-state index in [-0.39, 0.29) is 5.69 Å². The van der Waals surface area contributed by atoms with Gasteiger partial charge >= 0.3 is 5.69 Å². The summed E-state index contributed by atoms with van der Waals surface area (Å²) in [6.07, 6.45) is 2.45. The molecule has 3 rings (SSSR count). The highest BCUT2D eigenvalue weighted by Gasteiger charge is 2.10. The van der Waals surface area contributed by atoms with E-state index in [4.69, 9.17) is 5.73 Å². The van der Waals surface area contributed by atoms with Crippen LogP contribution in [-0.4, -0.2) is 32.6 Å². The lowest BCUT2D eigenvalue weighted by Crippen LogP contribution is -2.18. The van der Waals surface area contributed by atoms with Gasteiger partial charge in [0.05, 0.1) is 12.7 Å². The molecule has 2 aromatic heterocycles. The van der Waals surface area contributed by atoms with Crippen molar-refractivity contribution in [3.8, 4) is 0 Å². The molecule has 0 saturated carbocycles. The molecule has 1 aromatic carbocycles. The zero-order valence-corrected chi connectivity index (χ0v) is 14.0. The Bertz CT molecular complexity index is 872. The maximum atomic E-state index is 12.2. The van der Waals surface area contributed by atoms with Crippen LogP contribution in [0.1, 0.15) is 12.0 Å². The first-order valence-electron chi connectivity index (χ1n) is 7.31. The molecule has 3 aromatic rings. The first-order valence-corrected chi connectivity index (χ1v) is 8.10. The fourth-order valence-electron chi connectivity index (χ4n) is 2.30. The van der Waals surface area contributed by atoms with Gasteiger partial charge in [0.25, 0.3) is 0 Å². The number of halogens is 1. The molecule has 0 radical (unpaired) electrons. The van der Waals surface area contributed by atoms with E-state index >= 15 is 0 Å². The maximum absolute atomic E-state index is 12.2. The lowest BCUT2D eigenvalue weighted by atomic mass is 10.2. The monoisotopic (exact) mass is 376 g/mol. The van der Waals surface area contributed by atoms with Gasteiger partial charge in [0.1, 0.15) is 5.52 Å². The van der Waals surface area contributed by atoms with Gasteiger partial charge in [-0.2, -0.15) is 4.98 Å². The SMILES string of the molecule is NCCCNc1ncc2[nH]c(=O)n(Cc3cccc(Br)c3)c2n1.